The lowest BCUT2D eigenvalue weighted by Gasteiger charge is -2.10. The smallest absolute Gasteiger partial charge is 0.292 e. The van der Waals surface area contributed by atoms with Gasteiger partial charge in [-0.05, 0) is 17.7 Å². The van der Waals surface area contributed by atoms with E-state index in [1.807, 2.05) is 36.4 Å². The quantitative estimate of drug-likeness (QED) is 0.446. The highest BCUT2D eigenvalue weighted by Gasteiger charge is 2.21. The summed E-state index contributed by atoms with van der Waals surface area (Å²) in [6.45, 7) is 0.615. The van der Waals surface area contributed by atoms with Crippen molar-refractivity contribution in [1.29, 1.82) is 0 Å². The Bertz CT molecular complexity index is 1180. The summed E-state index contributed by atoms with van der Waals surface area (Å²) in [5.41, 5.74) is 2.12. The van der Waals surface area contributed by atoms with Crippen molar-refractivity contribution in [2.75, 3.05) is 12.4 Å². The molecule has 1 N–H and O–H groups in total. The van der Waals surface area contributed by atoms with Gasteiger partial charge in [-0.25, -0.2) is 4.68 Å². The molecule has 2 heterocycles. The number of anilines is 1. The summed E-state index contributed by atoms with van der Waals surface area (Å²) >= 11 is 12.4. The number of furan rings is 1. The van der Waals surface area contributed by atoms with Gasteiger partial charge in [0.25, 0.3) is 5.91 Å². The van der Waals surface area contributed by atoms with Crippen molar-refractivity contribution in [1.82, 2.24) is 9.78 Å². The second-order valence-electron chi connectivity index (χ2n) is 6.38. The Morgan fingerprint density at radius 2 is 2.00 bits per heavy atom. The van der Waals surface area contributed by atoms with Crippen molar-refractivity contribution in [3.8, 4) is 0 Å². The van der Waals surface area contributed by atoms with E-state index in [4.69, 9.17) is 32.4 Å². The van der Waals surface area contributed by atoms with E-state index in [0.717, 1.165) is 10.9 Å². The molecule has 0 fully saturated rings. The zero-order chi connectivity index (χ0) is 20.4. The molecule has 0 aliphatic carbocycles. The Morgan fingerprint density at radius 3 is 2.83 bits per heavy atom. The second kappa shape index (κ2) is 8.29. The maximum atomic E-state index is 13.0. The van der Waals surface area contributed by atoms with Gasteiger partial charge in [0.1, 0.15) is 11.4 Å². The molecule has 0 bridgehead atoms. The molecule has 1 amide bonds. The molecule has 4 rings (SSSR count). The van der Waals surface area contributed by atoms with Gasteiger partial charge in [-0.1, -0.05) is 53.5 Å². The van der Waals surface area contributed by atoms with Crippen LogP contribution < -0.4 is 5.32 Å². The topological polar surface area (TPSA) is 69.3 Å². The Kier molecular flexibility index (Phi) is 5.58. The molecule has 2 aromatic carbocycles. The highest BCUT2D eigenvalue weighted by Crippen LogP contribution is 2.28. The van der Waals surface area contributed by atoms with Crippen molar-refractivity contribution in [2.24, 2.45) is 0 Å². The summed E-state index contributed by atoms with van der Waals surface area (Å²) in [6.07, 6.45) is 1.60. The van der Waals surface area contributed by atoms with Crippen LogP contribution in [0.2, 0.25) is 10.0 Å². The lowest BCUT2D eigenvalue weighted by molar-refractivity contribution is 0.0991. The van der Waals surface area contributed by atoms with E-state index >= 15 is 0 Å². The first kappa shape index (κ1) is 19.5. The van der Waals surface area contributed by atoms with Crippen LogP contribution in [-0.4, -0.2) is 22.8 Å². The number of aromatic nitrogens is 2. The summed E-state index contributed by atoms with van der Waals surface area (Å²) < 4.78 is 12.7. The van der Waals surface area contributed by atoms with Crippen LogP contribution in [0.5, 0.6) is 0 Å². The van der Waals surface area contributed by atoms with E-state index in [9.17, 15) is 4.79 Å². The highest BCUT2D eigenvalue weighted by molar-refractivity contribution is 6.42. The van der Waals surface area contributed by atoms with E-state index in [-0.39, 0.29) is 18.3 Å². The number of benzene rings is 2. The first-order valence-electron chi connectivity index (χ1n) is 8.84. The van der Waals surface area contributed by atoms with E-state index in [0.29, 0.717) is 33.6 Å². The minimum atomic E-state index is -0.382. The van der Waals surface area contributed by atoms with Gasteiger partial charge < -0.3 is 14.5 Å². The van der Waals surface area contributed by atoms with Crippen LogP contribution in [0.25, 0.3) is 11.0 Å². The van der Waals surface area contributed by atoms with Crippen LogP contribution in [0.1, 0.15) is 21.7 Å². The molecule has 0 aliphatic heterocycles. The molecule has 148 valence electrons. The monoisotopic (exact) mass is 429 g/mol. The number of para-hydroxylation sites is 1. The van der Waals surface area contributed by atoms with Crippen molar-refractivity contribution in [3.05, 3.63) is 81.7 Å². The van der Waals surface area contributed by atoms with E-state index < -0.39 is 0 Å². The maximum Gasteiger partial charge on any atom is 0.292 e. The van der Waals surface area contributed by atoms with Crippen LogP contribution in [0, 0.1) is 0 Å². The normalized spacial score (nSPS) is 11.1. The third kappa shape index (κ3) is 3.87. The fraction of sp³-hybridized carbons (Fsp3) is 0.143. The van der Waals surface area contributed by atoms with Gasteiger partial charge in [-0.2, -0.15) is 5.10 Å². The fourth-order valence-corrected chi connectivity index (χ4v) is 3.52. The number of carbonyl (C=O) groups is 1. The van der Waals surface area contributed by atoms with Crippen LogP contribution in [0.15, 0.2) is 59.1 Å². The van der Waals surface area contributed by atoms with Gasteiger partial charge in [0.2, 0.25) is 0 Å². The summed E-state index contributed by atoms with van der Waals surface area (Å²) in [5.74, 6) is 0.337. The number of nitrogens with one attached hydrogen (secondary N) is 1. The molecule has 0 atom stereocenters. The van der Waals surface area contributed by atoms with Gasteiger partial charge in [0.05, 0.1) is 29.4 Å². The van der Waals surface area contributed by atoms with Crippen LogP contribution in [-0.2, 0) is 17.9 Å². The van der Waals surface area contributed by atoms with Gasteiger partial charge in [-0.3, -0.25) is 4.79 Å². The van der Waals surface area contributed by atoms with E-state index in [2.05, 4.69) is 10.4 Å². The van der Waals surface area contributed by atoms with Gasteiger partial charge in [0.15, 0.2) is 5.76 Å². The molecule has 2 aromatic heterocycles. The molecule has 4 aromatic rings. The van der Waals surface area contributed by atoms with Crippen molar-refractivity contribution >= 4 is 45.9 Å². The summed E-state index contributed by atoms with van der Waals surface area (Å²) in [5, 5.41) is 8.90. The summed E-state index contributed by atoms with van der Waals surface area (Å²) in [4.78, 5) is 13.0. The molecule has 0 aliphatic rings. The molecule has 0 unspecified atom stereocenters. The molecule has 0 spiro atoms. The van der Waals surface area contributed by atoms with E-state index in [1.165, 1.54) is 0 Å². The van der Waals surface area contributed by atoms with E-state index in [1.54, 1.807) is 30.1 Å². The summed E-state index contributed by atoms with van der Waals surface area (Å²) in [6, 6.07) is 14.6. The highest BCUT2D eigenvalue weighted by atomic mass is 35.5. The number of nitrogens with zero attached hydrogens (tertiary/aromatic N) is 2. The molecule has 8 heteroatoms. The van der Waals surface area contributed by atoms with Crippen molar-refractivity contribution in [2.45, 2.75) is 13.2 Å². The third-order valence-corrected chi connectivity index (χ3v) is 5.36. The number of hydrogen-bond acceptors (Lipinski definition) is 4. The number of rotatable bonds is 6. The molecule has 0 radical (unpaired) electrons. The van der Waals surface area contributed by atoms with Gasteiger partial charge >= 0.3 is 0 Å². The average Bonchev–Trinajstić information content (AvgIpc) is 3.30. The molecular formula is C21H17Cl2N3O3. The standard InChI is InChI=1S/C21H17Cl2N3O3/c1-28-12-15-14-6-2-3-8-17(14)29-20(15)21(27)25-18-9-10-24-26(18)11-13-5-4-7-16(22)19(13)23/h2-10H,11-12H2,1H3,(H,25,27). The van der Waals surface area contributed by atoms with Crippen LogP contribution in [0.4, 0.5) is 5.82 Å². The van der Waals surface area contributed by atoms with Crippen LogP contribution in [0.3, 0.4) is 0 Å². The summed E-state index contributed by atoms with van der Waals surface area (Å²) in [7, 11) is 1.58. The lowest BCUT2D eigenvalue weighted by atomic mass is 10.1. The lowest BCUT2D eigenvalue weighted by Crippen LogP contribution is -2.17. The third-order valence-electron chi connectivity index (χ3n) is 4.50. The fourth-order valence-electron chi connectivity index (χ4n) is 3.14. The molecule has 6 nitrogen and oxygen atoms in total. The first-order valence-corrected chi connectivity index (χ1v) is 9.59. The number of fused-ring (bicyclic) bond motifs is 1. The molecular weight excluding hydrogens is 413 g/mol. The number of ether oxygens (including phenoxy) is 1. The Morgan fingerprint density at radius 1 is 1.17 bits per heavy atom. The van der Waals surface area contributed by atoms with Gasteiger partial charge in [0, 0.05) is 24.1 Å². The maximum absolute atomic E-state index is 13.0. The Hall–Kier alpha value is -2.80. The van der Waals surface area contributed by atoms with Gasteiger partial charge in [-0.15, -0.1) is 0 Å². The Labute approximate surface area is 177 Å². The predicted molar refractivity (Wildman–Crippen MR) is 113 cm³/mol. The predicted octanol–water partition coefficient (Wildman–Crippen LogP) is 5.38. The number of methoxy groups -OCH3 is 1. The largest absolute Gasteiger partial charge is 0.451 e. The molecule has 29 heavy (non-hydrogen) atoms. The zero-order valence-electron chi connectivity index (χ0n) is 15.5. The number of halogens is 2. The van der Waals surface area contributed by atoms with Crippen molar-refractivity contribution in [3.63, 3.8) is 0 Å². The SMILES string of the molecule is COCc1c(C(=O)Nc2ccnn2Cc2cccc(Cl)c2Cl)oc2ccccc12. The minimum absolute atomic E-state index is 0.210. The minimum Gasteiger partial charge on any atom is -0.451 e. The number of carbonyl (C=O) groups excluding carboxylic acids is 1. The average molecular weight is 430 g/mol. The number of amides is 1. The molecule has 0 saturated carbocycles. The second-order valence-corrected chi connectivity index (χ2v) is 7.17. The van der Waals surface area contributed by atoms with Crippen molar-refractivity contribution < 1.29 is 13.9 Å². The van der Waals surface area contributed by atoms with Crippen LogP contribution >= 0.6 is 23.2 Å². The first-order chi connectivity index (χ1) is 14.1. The Balaban J connectivity index is 1.62. The molecule has 0 saturated heterocycles. The number of hydrogen-bond donors (Lipinski definition) is 1. The zero-order valence-corrected chi connectivity index (χ0v) is 17.0.